The lowest BCUT2D eigenvalue weighted by atomic mass is 9.93. The van der Waals surface area contributed by atoms with Gasteiger partial charge in [-0.2, -0.15) is 0 Å². The summed E-state index contributed by atoms with van der Waals surface area (Å²) in [6, 6.07) is -1.31. The second-order valence-electron chi connectivity index (χ2n) is 2.39. The first-order valence-electron chi connectivity index (χ1n) is 3.32. The van der Waals surface area contributed by atoms with Crippen molar-refractivity contribution in [2.75, 3.05) is 0 Å². The second kappa shape index (κ2) is 3.51. The van der Waals surface area contributed by atoms with Crippen molar-refractivity contribution in [1.29, 1.82) is 0 Å². The molecule has 0 aliphatic heterocycles. The highest BCUT2D eigenvalue weighted by atomic mass is 16.4. The van der Waals surface area contributed by atoms with Crippen LogP contribution in [0.25, 0.3) is 0 Å². The van der Waals surface area contributed by atoms with Crippen molar-refractivity contribution in [2.45, 2.75) is 25.0 Å². The van der Waals surface area contributed by atoms with Gasteiger partial charge in [0, 0.05) is 0 Å². The average Bonchev–Trinajstić information content (AvgIpc) is 2.00. The molecule has 6 heteroatoms. The molecule has 1 unspecified atom stereocenters. The monoisotopic (exact) mass is 177 g/mol. The molecular weight excluding hydrogens is 166 g/mol. The number of carboxylic acid groups (broad SMARTS) is 2. The van der Waals surface area contributed by atoms with Crippen molar-refractivity contribution in [2.24, 2.45) is 5.73 Å². The molecule has 0 spiro atoms. The van der Waals surface area contributed by atoms with Gasteiger partial charge in [0.25, 0.3) is 5.60 Å². The van der Waals surface area contributed by atoms with Gasteiger partial charge in [0.05, 0.1) is 6.04 Å². The minimum atomic E-state index is -2.88. The van der Waals surface area contributed by atoms with Crippen LogP contribution in [0, 0.1) is 0 Å². The third-order valence-electron chi connectivity index (χ3n) is 1.63. The largest absolute Gasteiger partial charge is 0.479 e. The molecule has 0 amide bonds. The molecule has 0 saturated heterocycles. The summed E-state index contributed by atoms with van der Waals surface area (Å²) in [5, 5.41) is 25.9. The van der Waals surface area contributed by atoms with E-state index >= 15 is 0 Å². The van der Waals surface area contributed by atoms with E-state index < -0.39 is 23.6 Å². The number of hydrogen-bond acceptors (Lipinski definition) is 4. The standard InChI is InChI=1S/C6H11NO5/c1-2-3(7)6(12,4(8)9)5(10)11/h3,12H,2,7H2,1H3,(H,8,9)(H,10,11). The van der Waals surface area contributed by atoms with Gasteiger partial charge in [-0.05, 0) is 6.42 Å². The molecule has 0 aliphatic rings. The van der Waals surface area contributed by atoms with Crippen molar-refractivity contribution in [3.8, 4) is 0 Å². The van der Waals surface area contributed by atoms with Crippen molar-refractivity contribution < 1.29 is 24.9 Å². The van der Waals surface area contributed by atoms with Crippen LogP contribution in [0.5, 0.6) is 0 Å². The molecule has 0 aromatic carbocycles. The highest BCUT2D eigenvalue weighted by Crippen LogP contribution is 2.12. The lowest BCUT2D eigenvalue weighted by Gasteiger charge is -2.23. The van der Waals surface area contributed by atoms with Crippen LogP contribution in [-0.2, 0) is 9.59 Å². The zero-order valence-corrected chi connectivity index (χ0v) is 6.52. The first kappa shape index (κ1) is 10.9. The Morgan fingerprint density at radius 1 is 1.42 bits per heavy atom. The van der Waals surface area contributed by atoms with Crippen LogP contribution in [-0.4, -0.2) is 38.9 Å². The van der Waals surface area contributed by atoms with Gasteiger partial charge >= 0.3 is 11.9 Å². The number of aliphatic carboxylic acids is 2. The van der Waals surface area contributed by atoms with Gasteiger partial charge in [-0.25, -0.2) is 9.59 Å². The van der Waals surface area contributed by atoms with Crippen LogP contribution in [0.15, 0.2) is 0 Å². The predicted octanol–water partition coefficient (Wildman–Crippen LogP) is -1.38. The van der Waals surface area contributed by atoms with E-state index in [9.17, 15) is 9.59 Å². The molecule has 0 heterocycles. The molecule has 0 fully saturated rings. The molecule has 0 saturated carbocycles. The van der Waals surface area contributed by atoms with Gasteiger partial charge in [-0.15, -0.1) is 0 Å². The fourth-order valence-electron chi connectivity index (χ4n) is 0.704. The Hall–Kier alpha value is -1.14. The van der Waals surface area contributed by atoms with Crippen molar-refractivity contribution >= 4 is 11.9 Å². The molecule has 0 aliphatic carbocycles. The van der Waals surface area contributed by atoms with E-state index in [2.05, 4.69) is 0 Å². The summed E-state index contributed by atoms with van der Waals surface area (Å²) in [6.07, 6.45) is 0.0646. The lowest BCUT2D eigenvalue weighted by molar-refractivity contribution is -0.178. The van der Waals surface area contributed by atoms with E-state index in [1.165, 1.54) is 6.92 Å². The van der Waals surface area contributed by atoms with Crippen molar-refractivity contribution in [3.63, 3.8) is 0 Å². The second-order valence-corrected chi connectivity index (χ2v) is 2.39. The summed E-state index contributed by atoms with van der Waals surface area (Å²) >= 11 is 0. The molecular formula is C6H11NO5. The van der Waals surface area contributed by atoms with Crippen LogP contribution >= 0.6 is 0 Å². The molecule has 0 radical (unpaired) electrons. The van der Waals surface area contributed by atoms with Gasteiger partial charge in [-0.3, -0.25) is 0 Å². The summed E-state index contributed by atoms with van der Waals surface area (Å²) < 4.78 is 0. The minimum absolute atomic E-state index is 0.0646. The normalized spacial score (nSPS) is 13.9. The summed E-state index contributed by atoms with van der Waals surface area (Å²) in [5.74, 6) is -3.69. The predicted molar refractivity (Wildman–Crippen MR) is 38.5 cm³/mol. The molecule has 6 nitrogen and oxygen atoms in total. The van der Waals surface area contributed by atoms with Gasteiger partial charge in [0.1, 0.15) is 0 Å². The van der Waals surface area contributed by atoms with Crippen LogP contribution in [0.4, 0.5) is 0 Å². The fourth-order valence-corrected chi connectivity index (χ4v) is 0.704. The molecule has 70 valence electrons. The quantitative estimate of drug-likeness (QED) is 0.393. The van der Waals surface area contributed by atoms with Gasteiger partial charge in [-0.1, -0.05) is 6.92 Å². The molecule has 1 atom stereocenters. The maximum absolute atomic E-state index is 10.4. The van der Waals surface area contributed by atoms with E-state index in [1.54, 1.807) is 0 Å². The Bertz CT molecular complexity index is 188. The Balaban J connectivity index is 4.87. The SMILES string of the molecule is CCC(N)C(O)(C(=O)O)C(=O)O. The van der Waals surface area contributed by atoms with E-state index in [1.807, 2.05) is 0 Å². The first-order valence-corrected chi connectivity index (χ1v) is 3.32. The molecule has 0 rings (SSSR count). The number of aliphatic hydroxyl groups is 1. The average molecular weight is 177 g/mol. The van der Waals surface area contributed by atoms with Crippen molar-refractivity contribution in [3.05, 3.63) is 0 Å². The summed E-state index contributed by atoms with van der Waals surface area (Å²) in [6.45, 7) is 1.49. The van der Waals surface area contributed by atoms with Gasteiger partial charge in [0.2, 0.25) is 0 Å². The molecule has 0 aromatic rings. The zero-order chi connectivity index (χ0) is 9.94. The molecule has 12 heavy (non-hydrogen) atoms. The maximum Gasteiger partial charge on any atom is 0.349 e. The smallest absolute Gasteiger partial charge is 0.349 e. The van der Waals surface area contributed by atoms with E-state index in [-0.39, 0.29) is 6.42 Å². The third kappa shape index (κ3) is 1.54. The summed E-state index contributed by atoms with van der Waals surface area (Å²) in [5.41, 5.74) is 2.26. The van der Waals surface area contributed by atoms with Crippen LogP contribution in [0.1, 0.15) is 13.3 Å². The molecule has 5 N–H and O–H groups in total. The topological polar surface area (TPSA) is 121 Å². The fraction of sp³-hybridized carbons (Fsp3) is 0.667. The van der Waals surface area contributed by atoms with Crippen molar-refractivity contribution in [1.82, 2.24) is 0 Å². The Morgan fingerprint density at radius 3 is 1.83 bits per heavy atom. The first-order chi connectivity index (χ1) is 5.37. The number of carbonyl (C=O) groups is 2. The lowest BCUT2D eigenvalue weighted by Crippen LogP contribution is -2.59. The number of nitrogens with two attached hydrogens (primary N) is 1. The zero-order valence-electron chi connectivity index (χ0n) is 6.52. The van der Waals surface area contributed by atoms with E-state index in [0.29, 0.717) is 0 Å². The van der Waals surface area contributed by atoms with E-state index in [0.717, 1.165) is 0 Å². The number of carboxylic acids is 2. The van der Waals surface area contributed by atoms with Crippen LogP contribution in [0.2, 0.25) is 0 Å². The molecule has 0 aromatic heterocycles. The Labute approximate surface area is 68.6 Å². The third-order valence-corrected chi connectivity index (χ3v) is 1.63. The van der Waals surface area contributed by atoms with Crippen LogP contribution < -0.4 is 5.73 Å². The Morgan fingerprint density at radius 2 is 1.75 bits per heavy atom. The molecule has 0 bridgehead atoms. The van der Waals surface area contributed by atoms with E-state index in [4.69, 9.17) is 21.1 Å². The Kier molecular flexibility index (Phi) is 3.17. The summed E-state index contributed by atoms with van der Waals surface area (Å²) in [4.78, 5) is 20.7. The number of hydrogen-bond donors (Lipinski definition) is 4. The highest BCUT2D eigenvalue weighted by molar-refractivity contribution is 6.02. The highest BCUT2D eigenvalue weighted by Gasteiger charge is 2.49. The number of rotatable bonds is 4. The minimum Gasteiger partial charge on any atom is -0.479 e. The van der Waals surface area contributed by atoms with Crippen LogP contribution in [0.3, 0.4) is 0 Å². The van der Waals surface area contributed by atoms with Gasteiger partial charge < -0.3 is 21.1 Å². The maximum atomic E-state index is 10.4. The van der Waals surface area contributed by atoms with Gasteiger partial charge in [0.15, 0.2) is 0 Å². The summed E-state index contributed by atoms with van der Waals surface area (Å²) in [7, 11) is 0.